The van der Waals surface area contributed by atoms with Crippen molar-refractivity contribution in [3.8, 4) is 5.75 Å². The summed E-state index contributed by atoms with van der Waals surface area (Å²) in [4.78, 5) is 14.1. The fourth-order valence-corrected chi connectivity index (χ4v) is 3.97. The molecule has 2 rings (SSSR count). The van der Waals surface area contributed by atoms with E-state index < -0.39 is 10.0 Å². The van der Waals surface area contributed by atoms with Crippen LogP contribution in [0.2, 0.25) is 5.02 Å². The lowest BCUT2D eigenvalue weighted by molar-refractivity contribution is -0.131. The number of amides is 1. The third-order valence-electron chi connectivity index (χ3n) is 4.06. The Balaban J connectivity index is 2.11. The molecule has 1 heterocycles. The van der Waals surface area contributed by atoms with Gasteiger partial charge in [0.05, 0.1) is 24.1 Å². The van der Waals surface area contributed by atoms with E-state index in [1.165, 1.54) is 17.5 Å². The molecule has 1 aliphatic rings. The molecule has 0 aliphatic carbocycles. The molecule has 1 aromatic rings. The molecule has 1 fully saturated rings. The van der Waals surface area contributed by atoms with Gasteiger partial charge >= 0.3 is 0 Å². The third kappa shape index (κ3) is 4.77. The van der Waals surface area contributed by atoms with E-state index in [0.717, 1.165) is 38.6 Å². The summed E-state index contributed by atoms with van der Waals surface area (Å²) < 4.78 is 30.5. The molecule has 1 amide bonds. The van der Waals surface area contributed by atoms with Gasteiger partial charge in [0.2, 0.25) is 15.9 Å². The highest BCUT2D eigenvalue weighted by molar-refractivity contribution is 7.92. The zero-order valence-electron chi connectivity index (χ0n) is 14.0. The normalized spacial score (nSPS) is 15.2. The number of benzene rings is 1. The van der Waals surface area contributed by atoms with E-state index >= 15 is 0 Å². The predicted molar refractivity (Wildman–Crippen MR) is 95.2 cm³/mol. The molecule has 6 nitrogen and oxygen atoms in total. The van der Waals surface area contributed by atoms with Crippen molar-refractivity contribution in [1.82, 2.24) is 4.90 Å². The number of hydrogen-bond donors (Lipinski definition) is 0. The minimum Gasteiger partial charge on any atom is -0.495 e. The van der Waals surface area contributed by atoms with Crippen molar-refractivity contribution in [1.29, 1.82) is 0 Å². The second-order valence-electron chi connectivity index (χ2n) is 5.85. The summed E-state index contributed by atoms with van der Waals surface area (Å²) in [6, 6.07) is 4.77. The molecule has 0 radical (unpaired) electrons. The molecule has 0 unspecified atom stereocenters. The Morgan fingerprint density at radius 3 is 2.50 bits per heavy atom. The van der Waals surface area contributed by atoms with Crippen LogP contribution in [0.5, 0.6) is 5.75 Å². The standard InChI is InChI=1S/C16H23ClN2O4S/c1-23-15-7-6-13(12-14(15)17)19(24(2,21)22)11-8-16(20)18-9-4-3-5-10-18/h6-7,12H,3-5,8-11H2,1-2H3. The lowest BCUT2D eigenvalue weighted by Gasteiger charge is -2.28. The van der Waals surface area contributed by atoms with E-state index in [0.29, 0.717) is 16.5 Å². The number of halogens is 1. The summed E-state index contributed by atoms with van der Waals surface area (Å²) >= 11 is 6.09. The van der Waals surface area contributed by atoms with Gasteiger partial charge < -0.3 is 9.64 Å². The average molecular weight is 375 g/mol. The summed E-state index contributed by atoms with van der Waals surface area (Å²) in [5.41, 5.74) is 0.426. The number of nitrogens with zero attached hydrogens (tertiary/aromatic N) is 2. The number of hydrogen-bond acceptors (Lipinski definition) is 4. The Labute approximate surface area is 148 Å². The monoisotopic (exact) mass is 374 g/mol. The highest BCUT2D eigenvalue weighted by Crippen LogP contribution is 2.30. The maximum absolute atomic E-state index is 12.3. The van der Waals surface area contributed by atoms with Crippen LogP contribution < -0.4 is 9.04 Å². The van der Waals surface area contributed by atoms with Crippen molar-refractivity contribution in [2.24, 2.45) is 0 Å². The number of ether oxygens (including phenoxy) is 1. The smallest absolute Gasteiger partial charge is 0.232 e. The van der Waals surface area contributed by atoms with Gasteiger partial charge in [-0.05, 0) is 37.5 Å². The van der Waals surface area contributed by atoms with E-state index in [1.54, 1.807) is 12.1 Å². The van der Waals surface area contributed by atoms with E-state index in [-0.39, 0.29) is 18.9 Å². The highest BCUT2D eigenvalue weighted by atomic mass is 35.5. The van der Waals surface area contributed by atoms with Gasteiger partial charge in [0.1, 0.15) is 5.75 Å². The number of rotatable bonds is 6. The van der Waals surface area contributed by atoms with Gasteiger partial charge in [-0.25, -0.2) is 8.42 Å². The van der Waals surface area contributed by atoms with Gasteiger partial charge in [0.15, 0.2) is 0 Å². The van der Waals surface area contributed by atoms with Crippen molar-refractivity contribution in [3.05, 3.63) is 23.2 Å². The van der Waals surface area contributed by atoms with Crippen molar-refractivity contribution in [2.45, 2.75) is 25.7 Å². The molecule has 1 aromatic carbocycles. The largest absolute Gasteiger partial charge is 0.495 e. The van der Waals surface area contributed by atoms with Crippen LogP contribution in [-0.4, -0.2) is 52.2 Å². The number of likely N-dealkylation sites (tertiary alicyclic amines) is 1. The first-order valence-corrected chi connectivity index (χ1v) is 10.1. The maximum atomic E-state index is 12.3. The molecule has 0 spiro atoms. The minimum atomic E-state index is -3.52. The van der Waals surface area contributed by atoms with Crippen LogP contribution in [0.25, 0.3) is 0 Å². The second kappa shape index (κ2) is 8.07. The van der Waals surface area contributed by atoms with Gasteiger partial charge in [-0.2, -0.15) is 0 Å². The average Bonchev–Trinajstić information content (AvgIpc) is 2.54. The molecule has 134 valence electrons. The van der Waals surface area contributed by atoms with Crippen LogP contribution >= 0.6 is 11.6 Å². The van der Waals surface area contributed by atoms with Crippen LogP contribution in [-0.2, 0) is 14.8 Å². The number of anilines is 1. The topological polar surface area (TPSA) is 66.9 Å². The van der Waals surface area contributed by atoms with Gasteiger partial charge in [-0.1, -0.05) is 11.6 Å². The van der Waals surface area contributed by atoms with Gasteiger partial charge in [0.25, 0.3) is 0 Å². The van der Waals surface area contributed by atoms with E-state index in [2.05, 4.69) is 0 Å². The zero-order chi connectivity index (χ0) is 17.7. The first kappa shape index (κ1) is 18.9. The van der Waals surface area contributed by atoms with E-state index in [1.807, 2.05) is 4.90 Å². The Hall–Kier alpha value is -1.47. The summed E-state index contributed by atoms with van der Waals surface area (Å²) in [6.07, 6.45) is 4.43. The molecule has 0 saturated carbocycles. The van der Waals surface area contributed by atoms with E-state index in [9.17, 15) is 13.2 Å². The number of carbonyl (C=O) groups excluding carboxylic acids is 1. The Morgan fingerprint density at radius 2 is 1.96 bits per heavy atom. The van der Waals surface area contributed by atoms with Crippen LogP contribution in [0.15, 0.2) is 18.2 Å². The van der Waals surface area contributed by atoms with Crippen LogP contribution in [0.3, 0.4) is 0 Å². The van der Waals surface area contributed by atoms with Crippen molar-refractivity contribution in [2.75, 3.05) is 37.3 Å². The molecular weight excluding hydrogens is 352 g/mol. The van der Waals surface area contributed by atoms with Gasteiger partial charge in [0, 0.05) is 26.1 Å². The Morgan fingerprint density at radius 1 is 1.29 bits per heavy atom. The van der Waals surface area contributed by atoms with Gasteiger partial charge in [-0.15, -0.1) is 0 Å². The predicted octanol–water partition coefficient (Wildman–Crippen LogP) is 2.52. The SMILES string of the molecule is COc1ccc(N(CCC(=O)N2CCCCC2)S(C)(=O)=O)cc1Cl. The van der Waals surface area contributed by atoms with Crippen LogP contribution in [0.1, 0.15) is 25.7 Å². The lowest BCUT2D eigenvalue weighted by Crippen LogP contribution is -2.39. The molecule has 0 N–H and O–H groups in total. The van der Waals surface area contributed by atoms with Gasteiger partial charge in [-0.3, -0.25) is 9.10 Å². The third-order valence-corrected chi connectivity index (χ3v) is 5.55. The number of sulfonamides is 1. The summed E-state index contributed by atoms with van der Waals surface area (Å²) in [5.74, 6) is 0.459. The second-order valence-corrected chi connectivity index (χ2v) is 8.16. The summed E-state index contributed by atoms with van der Waals surface area (Å²) in [5, 5.41) is 0.325. The fraction of sp³-hybridized carbons (Fsp3) is 0.562. The molecule has 1 aliphatic heterocycles. The Bertz CT molecular complexity index is 687. The summed E-state index contributed by atoms with van der Waals surface area (Å²) in [7, 11) is -2.02. The minimum absolute atomic E-state index is 0.0111. The Kier molecular flexibility index (Phi) is 6.34. The van der Waals surface area contributed by atoms with Crippen molar-refractivity contribution >= 4 is 33.2 Å². The summed E-state index contributed by atoms with van der Waals surface area (Å²) in [6.45, 7) is 1.61. The molecule has 8 heteroatoms. The first-order chi connectivity index (χ1) is 11.3. The highest BCUT2D eigenvalue weighted by Gasteiger charge is 2.22. The number of carbonyl (C=O) groups is 1. The molecule has 0 aromatic heterocycles. The molecular formula is C16H23ClN2O4S. The zero-order valence-corrected chi connectivity index (χ0v) is 15.6. The molecule has 1 saturated heterocycles. The van der Waals surface area contributed by atoms with Crippen LogP contribution in [0, 0.1) is 0 Å². The number of methoxy groups -OCH3 is 1. The van der Waals surface area contributed by atoms with Crippen molar-refractivity contribution < 1.29 is 17.9 Å². The fourth-order valence-electron chi connectivity index (χ4n) is 2.80. The lowest BCUT2D eigenvalue weighted by atomic mass is 10.1. The first-order valence-electron chi connectivity index (χ1n) is 7.92. The maximum Gasteiger partial charge on any atom is 0.232 e. The van der Waals surface area contributed by atoms with E-state index in [4.69, 9.17) is 16.3 Å². The molecule has 0 atom stereocenters. The number of piperidine rings is 1. The van der Waals surface area contributed by atoms with Crippen molar-refractivity contribution in [3.63, 3.8) is 0 Å². The van der Waals surface area contributed by atoms with Crippen LogP contribution in [0.4, 0.5) is 5.69 Å². The quantitative estimate of drug-likeness (QED) is 0.767. The molecule has 24 heavy (non-hydrogen) atoms. The molecule has 0 bridgehead atoms.